The Morgan fingerprint density at radius 3 is 1.21 bits per heavy atom. The Morgan fingerprint density at radius 1 is 0.538 bits per heavy atom. The van der Waals surface area contributed by atoms with Crippen LogP contribution in [0, 0.1) is 0 Å². The van der Waals surface area contributed by atoms with E-state index in [1.165, 1.54) is 45.8 Å². The zero-order valence-corrected chi connectivity index (χ0v) is 24.9. The molecule has 0 unspecified atom stereocenters. The molecule has 0 saturated carbocycles. The molecule has 0 atom stereocenters. The minimum absolute atomic E-state index is 0.000573. The fourth-order valence-corrected chi connectivity index (χ4v) is 6.27. The van der Waals surface area contributed by atoms with Crippen LogP contribution in [0.25, 0.3) is 11.1 Å². The third-order valence-corrected chi connectivity index (χ3v) is 8.76. The third kappa shape index (κ3) is 5.36. The van der Waals surface area contributed by atoms with E-state index in [1.807, 2.05) is 38.1 Å². The van der Waals surface area contributed by atoms with Gasteiger partial charge in [0.05, 0.1) is 5.41 Å². The van der Waals surface area contributed by atoms with Gasteiger partial charge in [-0.25, -0.2) is 0 Å². The van der Waals surface area contributed by atoms with E-state index in [9.17, 15) is 9.59 Å². The molecule has 200 valence electrons. The van der Waals surface area contributed by atoms with E-state index < -0.39 is 5.41 Å². The number of fused-ring (bicyclic) bond motifs is 3. The number of carbonyl (C=O) groups is 2. The van der Waals surface area contributed by atoms with Gasteiger partial charge < -0.3 is 9.80 Å². The summed E-state index contributed by atoms with van der Waals surface area (Å²) in [7, 11) is 7.05. The van der Waals surface area contributed by atoms with Crippen molar-refractivity contribution in [3.8, 4) is 11.1 Å². The van der Waals surface area contributed by atoms with Crippen LogP contribution in [-0.4, -0.2) is 48.5 Å². The number of thioether (sulfide) groups is 2. The maximum atomic E-state index is 12.3. The van der Waals surface area contributed by atoms with Gasteiger partial charge >= 0.3 is 0 Å². The fourth-order valence-electron chi connectivity index (χ4n) is 4.95. The van der Waals surface area contributed by atoms with Crippen molar-refractivity contribution in [2.24, 2.45) is 0 Å². The molecule has 1 aliphatic rings. The summed E-state index contributed by atoms with van der Waals surface area (Å²) in [6.07, 6.45) is 0. The molecule has 4 aromatic rings. The molecule has 0 bridgehead atoms. The molecule has 4 aromatic carbocycles. The summed E-state index contributed by atoms with van der Waals surface area (Å²) in [5.41, 5.74) is 6.65. The van der Waals surface area contributed by atoms with E-state index in [0.717, 1.165) is 20.9 Å². The van der Waals surface area contributed by atoms with Gasteiger partial charge in [-0.3, -0.25) is 9.59 Å². The molecule has 5 rings (SSSR count). The highest BCUT2D eigenvalue weighted by molar-refractivity contribution is 8.13. The highest BCUT2D eigenvalue weighted by Gasteiger charge is 2.45. The van der Waals surface area contributed by atoms with Crippen LogP contribution in [0.15, 0.2) is 107 Å². The molecule has 39 heavy (non-hydrogen) atoms. The van der Waals surface area contributed by atoms with Crippen LogP contribution in [0.5, 0.6) is 0 Å². The number of rotatable bonds is 4. The normalized spacial score (nSPS) is 12.5. The SMILES string of the molecule is CC.CN(C)C(=O)Sc1ccc(C2(c3ccc(SC(=O)N(C)C)cc3)c3ccccc3-c3ccccc32)cc1. The summed E-state index contributed by atoms with van der Waals surface area (Å²) >= 11 is 2.45. The van der Waals surface area contributed by atoms with Crippen molar-refractivity contribution < 1.29 is 9.59 Å². The fraction of sp³-hybridized carbons (Fsp3) is 0.212. The number of benzene rings is 4. The van der Waals surface area contributed by atoms with Gasteiger partial charge in [0.2, 0.25) is 0 Å². The minimum atomic E-state index is -0.517. The van der Waals surface area contributed by atoms with Gasteiger partial charge in [-0.15, -0.1) is 0 Å². The van der Waals surface area contributed by atoms with Crippen LogP contribution in [-0.2, 0) is 5.41 Å². The van der Waals surface area contributed by atoms with Crippen molar-refractivity contribution in [3.63, 3.8) is 0 Å². The van der Waals surface area contributed by atoms with Crippen molar-refractivity contribution >= 4 is 34.0 Å². The van der Waals surface area contributed by atoms with Crippen LogP contribution in [0.4, 0.5) is 9.59 Å². The van der Waals surface area contributed by atoms with Crippen LogP contribution < -0.4 is 0 Å². The molecule has 0 heterocycles. The van der Waals surface area contributed by atoms with Crippen molar-refractivity contribution in [3.05, 3.63) is 119 Å². The topological polar surface area (TPSA) is 40.6 Å². The Bertz CT molecular complexity index is 1350. The van der Waals surface area contributed by atoms with Gasteiger partial charge in [0.15, 0.2) is 0 Å². The molecule has 2 amide bonds. The standard InChI is InChI=1S/C31H28N2O2S2.C2H6/c1-32(2)29(34)36-23-17-13-21(14-18-23)31(22-15-19-24(20-16-22)37-30(35)33(3)4)27-11-7-5-9-25(27)26-10-6-8-12-28(26)31;1-2/h5-20H,1-4H3;1-2H3. The van der Waals surface area contributed by atoms with Gasteiger partial charge in [-0.2, -0.15) is 0 Å². The highest BCUT2D eigenvalue weighted by atomic mass is 32.2. The second-order valence-corrected chi connectivity index (χ2v) is 11.5. The average molecular weight is 555 g/mol. The second kappa shape index (κ2) is 12.1. The average Bonchev–Trinajstić information content (AvgIpc) is 3.26. The lowest BCUT2D eigenvalue weighted by atomic mass is 9.68. The first-order chi connectivity index (χ1) is 18.8. The van der Waals surface area contributed by atoms with Crippen molar-refractivity contribution in [1.82, 2.24) is 9.80 Å². The summed E-state index contributed by atoms with van der Waals surface area (Å²) in [6.45, 7) is 4.00. The predicted molar refractivity (Wildman–Crippen MR) is 165 cm³/mol. The zero-order chi connectivity index (χ0) is 28.2. The van der Waals surface area contributed by atoms with E-state index in [2.05, 4.69) is 72.8 Å². The molecule has 0 spiro atoms. The first-order valence-corrected chi connectivity index (χ1v) is 14.6. The number of hydrogen-bond donors (Lipinski definition) is 0. The van der Waals surface area contributed by atoms with Gasteiger partial charge in [0, 0.05) is 38.0 Å². The molecule has 0 N–H and O–H groups in total. The monoisotopic (exact) mass is 554 g/mol. The molecule has 0 saturated heterocycles. The molecule has 0 radical (unpaired) electrons. The summed E-state index contributed by atoms with van der Waals surface area (Å²) in [5, 5.41) is -0.00115. The summed E-state index contributed by atoms with van der Waals surface area (Å²) in [6, 6.07) is 33.9. The molecule has 4 nitrogen and oxygen atoms in total. The van der Waals surface area contributed by atoms with Gasteiger partial charge in [0.1, 0.15) is 0 Å². The molecule has 6 heteroatoms. The molecule has 0 aliphatic heterocycles. The number of amides is 2. The van der Waals surface area contributed by atoms with Crippen LogP contribution >= 0.6 is 23.5 Å². The van der Waals surface area contributed by atoms with Gasteiger partial charge in [0.25, 0.3) is 10.5 Å². The van der Waals surface area contributed by atoms with E-state index >= 15 is 0 Å². The van der Waals surface area contributed by atoms with Gasteiger partial charge in [-0.05, 0) is 81.2 Å². The lowest BCUT2D eigenvalue weighted by Crippen LogP contribution is -2.28. The van der Waals surface area contributed by atoms with E-state index in [-0.39, 0.29) is 10.5 Å². The number of hydrogen-bond acceptors (Lipinski definition) is 4. The highest BCUT2D eigenvalue weighted by Crippen LogP contribution is 2.56. The Labute approximate surface area is 240 Å². The lowest BCUT2D eigenvalue weighted by molar-refractivity contribution is 0.240. The zero-order valence-electron chi connectivity index (χ0n) is 23.3. The van der Waals surface area contributed by atoms with E-state index in [4.69, 9.17) is 0 Å². The van der Waals surface area contributed by atoms with Crippen LogP contribution in [0.3, 0.4) is 0 Å². The van der Waals surface area contributed by atoms with Crippen molar-refractivity contribution in [2.45, 2.75) is 29.1 Å². The van der Waals surface area contributed by atoms with E-state index in [1.54, 1.807) is 38.0 Å². The lowest BCUT2D eigenvalue weighted by Gasteiger charge is -2.34. The predicted octanol–water partition coefficient (Wildman–Crippen LogP) is 8.62. The summed E-state index contributed by atoms with van der Waals surface area (Å²) in [4.78, 5) is 29.5. The van der Waals surface area contributed by atoms with Crippen molar-refractivity contribution in [2.75, 3.05) is 28.2 Å². The molecule has 1 aliphatic carbocycles. The van der Waals surface area contributed by atoms with E-state index in [0.29, 0.717) is 0 Å². The largest absolute Gasteiger partial charge is 0.339 e. The third-order valence-electron chi connectivity index (χ3n) is 6.67. The maximum Gasteiger partial charge on any atom is 0.285 e. The summed E-state index contributed by atoms with van der Waals surface area (Å²) < 4.78 is 0. The van der Waals surface area contributed by atoms with Crippen molar-refractivity contribution in [1.29, 1.82) is 0 Å². The smallest absolute Gasteiger partial charge is 0.285 e. The first-order valence-electron chi connectivity index (χ1n) is 13.0. The maximum absolute atomic E-state index is 12.3. The molecular formula is C33H34N2O2S2. The Hall–Kier alpha value is -3.48. The minimum Gasteiger partial charge on any atom is -0.339 e. The quantitative estimate of drug-likeness (QED) is 0.209. The van der Waals surface area contributed by atoms with Gasteiger partial charge in [-0.1, -0.05) is 86.6 Å². The molecular weight excluding hydrogens is 521 g/mol. The Balaban J connectivity index is 0.00000172. The molecule has 0 fully saturated rings. The first kappa shape index (κ1) is 28.5. The second-order valence-electron chi connectivity index (χ2n) is 9.41. The number of carbonyl (C=O) groups excluding carboxylic acids is 2. The molecule has 0 aromatic heterocycles. The summed E-state index contributed by atoms with van der Waals surface area (Å²) in [5.74, 6) is 0. The number of nitrogens with zero attached hydrogens (tertiary/aromatic N) is 2. The Morgan fingerprint density at radius 2 is 0.872 bits per heavy atom. The van der Waals surface area contributed by atoms with Crippen LogP contribution in [0.1, 0.15) is 36.1 Å². The van der Waals surface area contributed by atoms with Crippen LogP contribution in [0.2, 0.25) is 0 Å². The Kier molecular flexibility index (Phi) is 8.88.